The molecule has 2 nitrogen and oxygen atoms in total. The number of unbranched alkanes of at least 4 members (excludes halogenated alkanes) is 15. The summed E-state index contributed by atoms with van der Waals surface area (Å²) in [5.74, 6) is 0.886. The Morgan fingerprint density at radius 2 is 0.935 bits per heavy atom. The van der Waals surface area contributed by atoms with Crippen molar-refractivity contribution in [2.45, 2.75) is 175 Å². The molecule has 0 aliphatic heterocycles. The first kappa shape index (κ1) is 30.5. The van der Waals surface area contributed by atoms with Gasteiger partial charge in [-0.25, -0.2) is 0 Å². The standard InChI is InChI=1S/C29H58O2/c1-5-7-9-11-16-20-24-28(25-21-17-12-10-8-6-2)31-29(30)26-22-18-14-13-15-19-23-27(3)4/h27-28H,5-26H2,1-4H3. The fourth-order valence-corrected chi connectivity index (χ4v) is 4.34. The lowest BCUT2D eigenvalue weighted by molar-refractivity contribution is -0.150. The summed E-state index contributed by atoms with van der Waals surface area (Å²) < 4.78 is 5.94. The van der Waals surface area contributed by atoms with Crippen LogP contribution in [0.15, 0.2) is 0 Å². The molecule has 0 fully saturated rings. The van der Waals surface area contributed by atoms with Crippen LogP contribution in [0, 0.1) is 5.92 Å². The first-order valence-electron chi connectivity index (χ1n) is 14.3. The van der Waals surface area contributed by atoms with Crippen LogP contribution in [0.3, 0.4) is 0 Å². The van der Waals surface area contributed by atoms with Gasteiger partial charge in [-0.05, 0) is 38.0 Å². The van der Waals surface area contributed by atoms with Crippen molar-refractivity contribution < 1.29 is 9.53 Å². The van der Waals surface area contributed by atoms with Gasteiger partial charge in [-0.1, -0.05) is 130 Å². The largest absolute Gasteiger partial charge is 0.462 e. The van der Waals surface area contributed by atoms with E-state index in [1.165, 1.54) is 116 Å². The number of hydrogen-bond donors (Lipinski definition) is 0. The molecule has 0 rings (SSSR count). The summed E-state index contributed by atoms with van der Waals surface area (Å²) >= 11 is 0. The van der Waals surface area contributed by atoms with E-state index in [9.17, 15) is 4.79 Å². The zero-order valence-corrected chi connectivity index (χ0v) is 22.0. The van der Waals surface area contributed by atoms with Crippen LogP contribution < -0.4 is 0 Å². The maximum atomic E-state index is 12.4. The highest BCUT2D eigenvalue weighted by Crippen LogP contribution is 2.18. The molecular formula is C29H58O2. The lowest BCUT2D eigenvalue weighted by Crippen LogP contribution is -2.18. The minimum atomic E-state index is 0.0572. The number of esters is 1. The van der Waals surface area contributed by atoms with Crippen LogP contribution in [0.1, 0.15) is 169 Å². The predicted molar refractivity (Wildman–Crippen MR) is 138 cm³/mol. The molecule has 0 aromatic heterocycles. The van der Waals surface area contributed by atoms with Crippen LogP contribution >= 0.6 is 0 Å². The molecule has 0 saturated carbocycles. The third-order valence-corrected chi connectivity index (χ3v) is 6.47. The van der Waals surface area contributed by atoms with Crippen molar-refractivity contribution in [1.82, 2.24) is 0 Å². The quantitative estimate of drug-likeness (QED) is 0.111. The molecule has 0 amide bonds. The molecule has 0 spiro atoms. The summed E-state index contributed by atoms with van der Waals surface area (Å²) in [6.45, 7) is 9.14. The average Bonchev–Trinajstić information content (AvgIpc) is 2.74. The van der Waals surface area contributed by atoms with Crippen molar-refractivity contribution in [3.05, 3.63) is 0 Å². The van der Waals surface area contributed by atoms with Gasteiger partial charge in [0.1, 0.15) is 6.10 Å². The number of rotatable bonds is 24. The van der Waals surface area contributed by atoms with Crippen molar-refractivity contribution >= 4 is 5.97 Å². The number of carbonyl (C=O) groups is 1. The van der Waals surface area contributed by atoms with Gasteiger partial charge < -0.3 is 4.74 Å². The van der Waals surface area contributed by atoms with E-state index in [1.54, 1.807) is 0 Å². The van der Waals surface area contributed by atoms with Gasteiger partial charge in [0.2, 0.25) is 0 Å². The van der Waals surface area contributed by atoms with E-state index < -0.39 is 0 Å². The SMILES string of the molecule is CCCCCCCCC(CCCCCCCC)OC(=O)CCCCCCCCC(C)C. The van der Waals surface area contributed by atoms with Gasteiger partial charge in [0.05, 0.1) is 0 Å². The summed E-state index contributed by atoms with van der Waals surface area (Å²) in [4.78, 5) is 12.4. The monoisotopic (exact) mass is 438 g/mol. The number of carbonyl (C=O) groups excluding carboxylic acids is 1. The molecule has 31 heavy (non-hydrogen) atoms. The van der Waals surface area contributed by atoms with Crippen molar-refractivity contribution in [2.75, 3.05) is 0 Å². The molecule has 0 aromatic rings. The molecule has 0 aliphatic carbocycles. The zero-order chi connectivity index (χ0) is 23.0. The van der Waals surface area contributed by atoms with E-state index in [-0.39, 0.29) is 12.1 Å². The lowest BCUT2D eigenvalue weighted by Gasteiger charge is -2.18. The normalized spacial score (nSPS) is 11.5. The van der Waals surface area contributed by atoms with Crippen LogP contribution in [-0.4, -0.2) is 12.1 Å². The number of hydrogen-bond acceptors (Lipinski definition) is 2. The number of ether oxygens (including phenoxy) is 1. The van der Waals surface area contributed by atoms with E-state index >= 15 is 0 Å². The predicted octanol–water partition coefficient (Wildman–Crippen LogP) is 10.2. The van der Waals surface area contributed by atoms with Gasteiger partial charge in [-0.3, -0.25) is 4.79 Å². The van der Waals surface area contributed by atoms with E-state index in [1.807, 2.05) is 0 Å². The molecular weight excluding hydrogens is 380 g/mol. The van der Waals surface area contributed by atoms with E-state index in [0.717, 1.165) is 25.2 Å². The third kappa shape index (κ3) is 24.0. The van der Waals surface area contributed by atoms with Crippen molar-refractivity contribution in [3.63, 3.8) is 0 Å². The highest BCUT2D eigenvalue weighted by atomic mass is 16.5. The topological polar surface area (TPSA) is 26.3 Å². The summed E-state index contributed by atoms with van der Waals surface area (Å²) in [6, 6.07) is 0. The Morgan fingerprint density at radius 1 is 0.548 bits per heavy atom. The maximum Gasteiger partial charge on any atom is 0.306 e. The van der Waals surface area contributed by atoms with Crippen LogP contribution in [0.5, 0.6) is 0 Å². The third-order valence-electron chi connectivity index (χ3n) is 6.47. The smallest absolute Gasteiger partial charge is 0.306 e. The fourth-order valence-electron chi connectivity index (χ4n) is 4.34. The Hall–Kier alpha value is -0.530. The zero-order valence-electron chi connectivity index (χ0n) is 22.0. The molecule has 0 heterocycles. The first-order valence-corrected chi connectivity index (χ1v) is 14.3. The lowest BCUT2D eigenvalue weighted by atomic mass is 10.0. The second-order valence-electron chi connectivity index (χ2n) is 10.3. The molecule has 0 aromatic carbocycles. The van der Waals surface area contributed by atoms with Gasteiger partial charge in [0.25, 0.3) is 0 Å². The van der Waals surface area contributed by atoms with Crippen molar-refractivity contribution in [3.8, 4) is 0 Å². The molecule has 186 valence electrons. The Labute approximate surface area is 196 Å². The molecule has 2 heteroatoms. The van der Waals surface area contributed by atoms with E-state index in [2.05, 4.69) is 27.7 Å². The average molecular weight is 439 g/mol. The van der Waals surface area contributed by atoms with Crippen LogP contribution in [0.2, 0.25) is 0 Å². The highest BCUT2D eigenvalue weighted by Gasteiger charge is 2.14. The maximum absolute atomic E-state index is 12.4. The van der Waals surface area contributed by atoms with Gasteiger partial charge in [-0.15, -0.1) is 0 Å². The summed E-state index contributed by atoms with van der Waals surface area (Å²) in [5.41, 5.74) is 0. The highest BCUT2D eigenvalue weighted by molar-refractivity contribution is 5.69. The molecule has 0 N–H and O–H groups in total. The summed E-state index contributed by atoms with van der Waals surface area (Å²) in [7, 11) is 0. The Kier molecular flexibility index (Phi) is 23.7. The summed E-state index contributed by atoms with van der Waals surface area (Å²) in [5, 5.41) is 0. The van der Waals surface area contributed by atoms with Gasteiger partial charge >= 0.3 is 5.97 Å². The van der Waals surface area contributed by atoms with Crippen LogP contribution in [0.25, 0.3) is 0 Å². The van der Waals surface area contributed by atoms with Crippen molar-refractivity contribution in [2.24, 2.45) is 5.92 Å². The Morgan fingerprint density at radius 3 is 1.39 bits per heavy atom. The molecule has 0 aliphatic rings. The van der Waals surface area contributed by atoms with Gasteiger partial charge in [-0.2, -0.15) is 0 Å². The van der Waals surface area contributed by atoms with E-state index in [4.69, 9.17) is 4.74 Å². The Balaban J connectivity index is 3.96. The second-order valence-corrected chi connectivity index (χ2v) is 10.3. The van der Waals surface area contributed by atoms with E-state index in [0.29, 0.717) is 6.42 Å². The van der Waals surface area contributed by atoms with Crippen LogP contribution in [-0.2, 0) is 9.53 Å². The molecule has 0 atom stereocenters. The molecule has 0 saturated heterocycles. The molecule has 0 radical (unpaired) electrons. The first-order chi connectivity index (χ1) is 15.1. The summed E-state index contributed by atoms with van der Waals surface area (Å²) in [6.07, 6.45) is 27.5. The molecule has 0 bridgehead atoms. The Bertz CT molecular complexity index is 348. The van der Waals surface area contributed by atoms with Gasteiger partial charge in [0.15, 0.2) is 0 Å². The van der Waals surface area contributed by atoms with Crippen molar-refractivity contribution in [1.29, 1.82) is 0 Å². The molecule has 0 unspecified atom stereocenters. The van der Waals surface area contributed by atoms with Crippen LogP contribution in [0.4, 0.5) is 0 Å². The minimum Gasteiger partial charge on any atom is -0.462 e. The fraction of sp³-hybridized carbons (Fsp3) is 0.966. The van der Waals surface area contributed by atoms with Gasteiger partial charge in [0, 0.05) is 6.42 Å². The second kappa shape index (κ2) is 24.1. The minimum absolute atomic E-state index is 0.0572.